The van der Waals surface area contributed by atoms with Gasteiger partial charge >= 0.3 is 0 Å². The lowest BCUT2D eigenvalue weighted by molar-refractivity contribution is -0.120. The molecule has 0 fully saturated rings. The summed E-state index contributed by atoms with van der Waals surface area (Å²) < 4.78 is 22.5. The molecule has 0 saturated heterocycles. The summed E-state index contributed by atoms with van der Waals surface area (Å²) in [5.41, 5.74) is 0.828. The van der Waals surface area contributed by atoms with Crippen LogP contribution in [-0.4, -0.2) is 36.6 Å². The summed E-state index contributed by atoms with van der Waals surface area (Å²) in [6.45, 7) is 0.369. The molecular formula is C18H21NO4S. The Hall–Kier alpha value is -2.34. The predicted molar refractivity (Wildman–Crippen MR) is 94.0 cm³/mol. The van der Waals surface area contributed by atoms with E-state index in [1.807, 2.05) is 36.4 Å². The van der Waals surface area contributed by atoms with Crippen molar-refractivity contribution in [3.8, 4) is 11.5 Å². The van der Waals surface area contributed by atoms with E-state index in [1.165, 1.54) is 0 Å². The molecule has 2 aromatic carbocycles. The van der Waals surface area contributed by atoms with Crippen molar-refractivity contribution in [1.29, 1.82) is 0 Å². The van der Waals surface area contributed by atoms with E-state index in [0.29, 0.717) is 23.8 Å². The summed E-state index contributed by atoms with van der Waals surface area (Å²) in [5.74, 6) is 1.49. The van der Waals surface area contributed by atoms with Crippen LogP contribution in [0, 0.1) is 0 Å². The number of rotatable bonds is 8. The number of amides is 1. The first-order chi connectivity index (χ1) is 11.6. The van der Waals surface area contributed by atoms with E-state index in [2.05, 4.69) is 5.32 Å². The second-order valence-corrected chi connectivity index (χ2v) is 6.65. The Labute approximate surface area is 144 Å². The van der Waals surface area contributed by atoms with Crippen LogP contribution in [0.4, 0.5) is 0 Å². The van der Waals surface area contributed by atoms with Gasteiger partial charge in [0.05, 0.1) is 31.4 Å². The van der Waals surface area contributed by atoms with Gasteiger partial charge < -0.3 is 14.8 Å². The minimum Gasteiger partial charge on any atom is -0.493 e. The number of hydrogen-bond acceptors (Lipinski definition) is 4. The van der Waals surface area contributed by atoms with Crippen molar-refractivity contribution in [2.75, 3.05) is 26.5 Å². The van der Waals surface area contributed by atoms with Crippen LogP contribution in [0.1, 0.15) is 5.56 Å². The van der Waals surface area contributed by atoms with Crippen LogP contribution < -0.4 is 14.8 Å². The SMILES string of the molecule is COc1ccc(CC(=O)NCC[S@@](=O)c2ccccc2)cc1OC. The van der Waals surface area contributed by atoms with Crippen molar-refractivity contribution in [1.82, 2.24) is 5.32 Å². The molecule has 0 unspecified atom stereocenters. The largest absolute Gasteiger partial charge is 0.493 e. The third-order valence-electron chi connectivity index (χ3n) is 3.43. The van der Waals surface area contributed by atoms with Crippen LogP contribution in [0.15, 0.2) is 53.4 Å². The molecule has 0 heterocycles. The molecule has 0 aliphatic rings. The first kappa shape index (κ1) is 18.0. The van der Waals surface area contributed by atoms with Gasteiger partial charge in [-0.3, -0.25) is 9.00 Å². The van der Waals surface area contributed by atoms with E-state index < -0.39 is 10.8 Å². The topological polar surface area (TPSA) is 64.6 Å². The van der Waals surface area contributed by atoms with Gasteiger partial charge in [0.15, 0.2) is 11.5 Å². The average Bonchev–Trinajstić information content (AvgIpc) is 2.62. The average molecular weight is 347 g/mol. The van der Waals surface area contributed by atoms with Gasteiger partial charge in [-0.1, -0.05) is 24.3 Å². The van der Waals surface area contributed by atoms with E-state index in [9.17, 15) is 9.00 Å². The van der Waals surface area contributed by atoms with Crippen molar-refractivity contribution in [3.63, 3.8) is 0 Å². The number of nitrogens with one attached hydrogen (secondary N) is 1. The third kappa shape index (κ3) is 5.09. The lowest BCUT2D eigenvalue weighted by Crippen LogP contribution is -2.29. The predicted octanol–water partition coefficient (Wildman–Crippen LogP) is 2.17. The van der Waals surface area contributed by atoms with Gasteiger partial charge in [0.2, 0.25) is 5.91 Å². The van der Waals surface area contributed by atoms with E-state index in [1.54, 1.807) is 26.4 Å². The maximum absolute atomic E-state index is 12.1. The summed E-state index contributed by atoms with van der Waals surface area (Å²) in [7, 11) is 2.02. The Kier molecular flexibility index (Phi) is 6.81. The lowest BCUT2D eigenvalue weighted by atomic mass is 10.1. The summed E-state index contributed by atoms with van der Waals surface area (Å²) >= 11 is 0. The molecule has 1 amide bonds. The van der Waals surface area contributed by atoms with E-state index in [4.69, 9.17) is 9.47 Å². The van der Waals surface area contributed by atoms with Crippen LogP contribution in [0.5, 0.6) is 11.5 Å². The Morgan fingerprint density at radius 1 is 1.04 bits per heavy atom. The van der Waals surface area contributed by atoms with Gasteiger partial charge in [-0.2, -0.15) is 0 Å². The summed E-state index contributed by atoms with van der Waals surface area (Å²) in [6.07, 6.45) is 0.234. The van der Waals surface area contributed by atoms with Gasteiger partial charge in [0.25, 0.3) is 0 Å². The zero-order chi connectivity index (χ0) is 17.4. The quantitative estimate of drug-likeness (QED) is 0.795. The number of ether oxygens (including phenoxy) is 2. The van der Waals surface area contributed by atoms with Gasteiger partial charge in [0.1, 0.15) is 0 Å². The highest BCUT2D eigenvalue weighted by atomic mass is 32.2. The Balaban J connectivity index is 1.82. The van der Waals surface area contributed by atoms with Crippen molar-refractivity contribution in [2.24, 2.45) is 0 Å². The number of carbonyl (C=O) groups is 1. The second-order valence-electron chi connectivity index (χ2n) is 5.08. The first-order valence-corrected chi connectivity index (χ1v) is 8.87. The molecule has 1 N–H and O–H groups in total. The smallest absolute Gasteiger partial charge is 0.224 e. The molecular weight excluding hydrogens is 326 g/mol. The fraction of sp³-hybridized carbons (Fsp3) is 0.278. The molecule has 0 saturated carbocycles. The van der Waals surface area contributed by atoms with Crippen molar-refractivity contribution < 1.29 is 18.5 Å². The maximum atomic E-state index is 12.1. The molecule has 1 atom stereocenters. The normalized spacial score (nSPS) is 11.6. The highest BCUT2D eigenvalue weighted by molar-refractivity contribution is 7.85. The monoisotopic (exact) mass is 347 g/mol. The van der Waals surface area contributed by atoms with E-state index in [0.717, 1.165) is 10.5 Å². The molecule has 0 aliphatic heterocycles. The second kappa shape index (κ2) is 9.08. The highest BCUT2D eigenvalue weighted by Gasteiger charge is 2.09. The minimum atomic E-state index is -1.11. The van der Waals surface area contributed by atoms with Gasteiger partial charge in [-0.15, -0.1) is 0 Å². The van der Waals surface area contributed by atoms with Crippen molar-refractivity contribution >= 4 is 16.7 Å². The fourth-order valence-corrected chi connectivity index (χ4v) is 3.20. The van der Waals surface area contributed by atoms with Crippen LogP contribution >= 0.6 is 0 Å². The van der Waals surface area contributed by atoms with Crippen LogP contribution in [0.25, 0.3) is 0 Å². The first-order valence-electron chi connectivity index (χ1n) is 7.55. The molecule has 0 aliphatic carbocycles. The van der Waals surface area contributed by atoms with Crippen LogP contribution in [0.3, 0.4) is 0 Å². The lowest BCUT2D eigenvalue weighted by Gasteiger charge is -2.10. The molecule has 128 valence electrons. The highest BCUT2D eigenvalue weighted by Crippen LogP contribution is 2.27. The molecule has 0 aromatic heterocycles. The number of hydrogen-bond donors (Lipinski definition) is 1. The maximum Gasteiger partial charge on any atom is 0.224 e. The van der Waals surface area contributed by atoms with E-state index in [-0.39, 0.29) is 12.3 Å². The van der Waals surface area contributed by atoms with E-state index >= 15 is 0 Å². The standard InChI is InChI=1S/C18H21NO4S/c1-22-16-9-8-14(12-17(16)23-2)13-18(20)19-10-11-24(21)15-6-4-3-5-7-15/h3-9,12H,10-11,13H2,1-2H3,(H,19,20)/t24-/m1/s1. The molecule has 2 aromatic rings. The third-order valence-corrected chi connectivity index (χ3v) is 4.80. The fourth-order valence-electron chi connectivity index (χ4n) is 2.21. The summed E-state index contributed by atoms with van der Waals surface area (Å²) in [6, 6.07) is 14.6. The minimum absolute atomic E-state index is 0.118. The van der Waals surface area contributed by atoms with Crippen molar-refractivity contribution in [2.45, 2.75) is 11.3 Å². The number of methoxy groups -OCH3 is 2. The van der Waals surface area contributed by atoms with Gasteiger partial charge in [-0.25, -0.2) is 0 Å². The summed E-state index contributed by atoms with van der Waals surface area (Å²) in [4.78, 5) is 12.8. The summed E-state index contributed by atoms with van der Waals surface area (Å²) in [5, 5.41) is 2.79. The molecule has 5 nitrogen and oxygen atoms in total. The molecule has 6 heteroatoms. The zero-order valence-corrected chi connectivity index (χ0v) is 14.6. The molecule has 24 heavy (non-hydrogen) atoms. The molecule has 0 spiro atoms. The number of carbonyl (C=O) groups excluding carboxylic acids is 1. The Morgan fingerprint density at radius 2 is 1.75 bits per heavy atom. The molecule has 2 rings (SSSR count). The number of benzene rings is 2. The zero-order valence-electron chi connectivity index (χ0n) is 13.8. The van der Waals surface area contributed by atoms with Crippen LogP contribution in [-0.2, 0) is 22.0 Å². The van der Waals surface area contributed by atoms with Gasteiger partial charge in [0, 0.05) is 17.2 Å². The molecule has 0 radical (unpaired) electrons. The Bertz CT molecular complexity index is 703. The molecule has 0 bridgehead atoms. The van der Waals surface area contributed by atoms with Crippen LogP contribution in [0.2, 0.25) is 0 Å². The van der Waals surface area contributed by atoms with Gasteiger partial charge in [-0.05, 0) is 29.8 Å². The Morgan fingerprint density at radius 3 is 2.42 bits per heavy atom. The van der Waals surface area contributed by atoms with Crippen molar-refractivity contribution in [3.05, 3.63) is 54.1 Å².